The summed E-state index contributed by atoms with van der Waals surface area (Å²) < 4.78 is 0.657. The first-order valence-corrected chi connectivity index (χ1v) is 6.97. The Morgan fingerprint density at radius 2 is 2.11 bits per heavy atom. The van der Waals surface area contributed by atoms with Crippen molar-refractivity contribution in [2.75, 3.05) is 5.32 Å². The number of thiophene rings is 1. The molecule has 0 fully saturated rings. The minimum absolute atomic E-state index is 0.0672. The van der Waals surface area contributed by atoms with Gasteiger partial charge in [0, 0.05) is 16.2 Å². The quantitative estimate of drug-likeness (QED) is 0.653. The molecule has 5 nitrogen and oxygen atoms in total. The van der Waals surface area contributed by atoms with Crippen molar-refractivity contribution >= 4 is 55.5 Å². The van der Waals surface area contributed by atoms with E-state index in [2.05, 4.69) is 21.2 Å². The lowest BCUT2D eigenvalue weighted by atomic mass is 10.3. The third kappa shape index (κ3) is 3.31. The smallest absolute Gasteiger partial charge is 0.321 e. The maximum absolute atomic E-state index is 11.9. The predicted octanol–water partition coefficient (Wildman–Crippen LogP) is 4.32. The summed E-state index contributed by atoms with van der Waals surface area (Å²) in [5.41, 5.74) is 0.553. The number of hydrogen-bond acceptors (Lipinski definition) is 4. The van der Waals surface area contributed by atoms with E-state index in [-0.39, 0.29) is 9.88 Å². The number of nitro groups is 1. The first-order valence-electron chi connectivity index (χ1n) is 4.98. The maximum atomic E-state index is 11.9. The number of halogens is 2. The topological polar surface area (TPSA) is 72.2 Å². The molecule has 0 radical (unpaired) electrons. The van der Waals surface area contributed by atoms with Crippen LogP contribution in [-0.2, 0) is 0 Å². The third-order valence-corrected chi connectivity index (χ3v) is 4.42. The molecule has 1 heterocycles. The van der Waals surface area contributed by atoms with Gasteiger partial charge in [-0.15, -0.1) is 0 Å². The van der Waals surface area contributed by atoms with E-state index in [1.54, 1.807) is 18.2 Å². The summed E-state index contributed by atoms with van der Waals surface area (Å²) in [5.74, 6) is -0.396. The summed E-state index contributed by atoms with van der Waals surface area (Å²) in [5, 5.41) is 13.6. The van der Waals surface area contributed by atoms with E-state index in [1.807, 2.05) is 0 Å². The van der Waals surface area contributed by atoms with Crippen LogP contribution >= 0.6 is 38.9 Å². The monoisotopic (exact) mass is 360 g/mol. The van der Waals surface area contributed by atoms with Gasteiger partial charge in [-0.1, -0.05) is 22.9 Å². The Balaban J connectivity index is 2.15. The molecule has 0 bridgehead atoms. The van der Waals surface area contributed by atoms with Crippen molar-refractivity contribution in [3.05, 3.63) is 54.8 Å². The van der Waals surface area contributed by atoms with Gasteiger partial charge in [-0.05, 0) is 40.2 Å². The van der Waals surface area contributed by atoms with Gasteiger partial charge >= 0.3 is 5.00 Å². The second-order valence-electron chi connectivity index (χ2n) is 3.48. The second-order valence-corrected chi connectivity index (χ2v) is 5.80. The summed E-state index contributed by atoms with van der Waals surface area (Å²) in [6, 6.07) is 7.66. The number of rotatable bonds is 3. The molecule has 0 saturated carbocycles. The lowest BCUT2D eigenvalue weighted by Crippen LogP contribution is -2.09. The van der Waals surface area contributed by atoms with Crippen molar-refractivity contribution in [2.24, 2.45) is 0 Å². The fourth-order valence-electron chi connectivity index (χ4n) is 1.31. The van der Waals surface area contributed by atoms with E-state index < -0.39 is 10.8 Å². The number of carbonyl (C=O) groups is 1. The number of anilines is 1. The van der Waals surface area contributed by atoms with Crippen LogP contribution in [-0.4, -0.2) is 10.8 Å². The molecule has 0 saturated heterocycles. The van der Waals surface area contributed by atoms with Crippen LogP contribution in [0.2, 0.25) is 5.02 Å². The summed E-state index contributed by atoms with van der Waals surface area (Å²) in [4.78, 5) is 22.2. The molecule has 19 heavy (non-hydrogen) atoms. The van der Waals surface area contributed by atoms with Crippen molar-refractivity contribution in [2.45, 2.75) is 0 Å². The summed E-state index contributed by atoms with van der Waals surface area (Å²) in [6.07, 6.45) is 0. The Morgan fingerprint density at radius 3 is 2.68 bits per heavy atom. The highest BCUT2D eigenvalue weighted by molar-refractivity contribution is 9.10. The SMILES string of the molecule is O=C(Nc1ccc(Cl)c(Br)c1)c1ccc([N+](=O)[O-])s1. The molecule has 1 amide bonds. The highest BCUT2D eigenvalue weighted by atomic mass is 79.9. The molecule has 1 N–H and O–H groups in total. The fourth-order valence-corrected chi connectivity index (χ4v) is 2.53. The number of benzene rings is 1. The number of carbonyl (C=O) groups excluding carboxylic acids is 1. The van der Waals surface area contributed by atoms with Crippen LogP contribution in [0.4, 0.5) is 10.7 Å². The zero-order valence-electron chi connectivity index (χ0n) is 9.22. The molecule has 1 aromatic heterocycles. The Morgan fingerprint density at radius 1 is 1.37 bits per heavy atom. The van der Waals surface area contributed by atoms with Gasteiger partial charge in [0.1, 0.15) is 0 Å². The Kier molecular flexibility index (Phi) is 4.18. The molecule has 0 aliphatic heterocycles. The average Bonchev–Trinajstić information content (AvgIpc) is 2.83. The zero-order chi connectivity index (χ0) is 14.0. The molecule has 0 atom stereocenters. The van der Waals surface area contributed by atoms with Crippen LogP contribution in [0.5, 0.6) is 0 Å². The van der Waals surface area contributed by atoms with Crippen molar-refractivity contribution in [1.82, 2.24) is 0 Å². The average molecular weight is 362 g/mol. The van der Waals surface area contributed by atoms with Crippen LogP contribution in [0.15, 0.2) is 34.8 Å². The standard InChI is InChI=1S/C11H6BrClN2O3S/c12-7-5-6(1-2-8(7)13)14-11(16)9-3-4-10(19-9)15(17)18/h1-5H,(H,14,16). The fraction of sp³-hybridized carbons (Fsp3) is 0. The first kappa shape index (κ1) is 14.0. The van der Waals surface area contributed by atoms with Crippen molar-refractivity contribution in [3.8, 4) is 0 Å². The van der Waals surface area contributed by atoms with Gasteiger partial charge in [0.2, 0.25) is 0 Å². The number of nitrogens with one attached hydrogen (secondary N) is 1. The number of hydrogen-bond donors (Lipinski definition) is 1. The molecule has 0 aliphatic carbocycles. The van der Waals surface area contributed by atoms with Crippen molar-refractivity contribution in [3.63, 3.8) is 0 Å². The molecule has 8 heteroatoms. The summed E-state index contributed by atoms with van der Waals surface area (Å²) in [6.45, 7) is 0. The summed E-state index contributed by atoms with van der Waals surface area (Å²) in [7, 11) is 0. The molecule has 1 aromatic carbocycles. The zero-order valence-corrected chi connectivity index (χ0v) is 12.4. The van der Waals surface area contributed by atoms with E-state index >= 15 is 0 Å². The van der Waals surface area contributed by atoms with Gasteiger partial charge in [0.05, 0.1) is 14.8 Å². The maximum Gasteiger partial charge on any atom is 0.324 e. The highest BCUT2D eigenvalue weighted by Crippen LogP contribution is 2.27. The first-order chi connectivity index (χ1) is 8.97. The molecule has 2 rings (SSSR count). The minimum Gasteiger partial charge on any atom is -0.321 e. The van der Waals surface area contributed by atoms with Crippen LogP contribution in [0.1, 0.15) is 9.67 Å². The van der Waals surface area contributed by atoms with Crippen LogP contribution in [0.3, 0.4) is 0 Å². The van der Waals surface area contributed by atoms with Gasteiger partial charge in [-0.2, -0.15) is 0 Å². The van der Waals surface area contributed by atoms with Gasteiger partial charge in [0.25, 0.3) is 5.91 Å². The second kappa shape index (κ2) is 5.68. The van der Waals surface area contributed by atoms with E-state index in [4.69, 9.17) is 11.6 Å². The van der Waals surface area contributed by atoms with Gasteiger partial charge in [-0.25, -0.2) is 0 Å². The summed E-state index contributed by atoms with van der Waals surface area (Å²) >= 11 is 9.91. The molecule has 98 valence electrons. The van der Waals surface area contributed by atoms with E-state index in [0.717, 1.165) is 11.3 Å². The lowest BCUT2D eigenvalue weighted by molar-refractivity contribution is -0.380. The molecule has 0 aliphatic rings. The Bertz CT molecular complexity index is 659. The molecular formula is C11H6BrClN2O3S. The molecular weight excluding hydrogens is 356 g/mol. The van der Waals surface area contributed by atoms with E-state index in [0.29, 0.717) is 15.2 Å². The third-order valence-electron chi connectivity index (χ3n) is 2.17. The number of nitrogens with zero attached hydrogens (tertiary/aromatic N) is 1. The number of amides is 1. The normalized spacial score (nSPS) is 10.2. The van der Waals surface area contributed by atoms with Gasteiger partial charge in [-0.3, -0.25) is 14.9 Å². The highest BCUT2D eigenvalue weighted by Gasteiger charge is 2.15. The van der Waals surface area contributed by atoms with Crippen molar-refractivity contribution < 1.29 is 9.72 Å². The Hall–Kier alpha value is -1.44. The lowest BCUT2D eigenvalue weighted by Gasteiger charge is -2.04. The predicted molar refractivity (Wildman–Crippen MR) is 78.1 cm³/mol. The largest absolute Gasteiger partial charge is 0.324 e. The van der Waals surface area contributed by atoms with Crippen LogP contribution in [0, 0.1) is 10.1 Å². The van der Waals surface area contributed by atoms with Crippen LogP contribution < -0.4 is 5.32 Å². The Labute approximate surface area is 125 Å². The molecule has 0 unspecified atom stereocenters. The van der Waals surface area contributed by atoms with Gasteiger partial charge in [0.15, 0.2) is 0 Å². The van der Waals surface area contributed by atoms with Gasteiger partial charge < -0.3 is 5.32 Å². The minimum atomic E-state index is -0.527. The van der Waals surface area contributed by atoms with Crippen molar-refractivity contribution in [1.29, 1.82) is 0 Å². The molecule has 2 aromatic rings. The molecule has 0 spiro atoms. The van der Waals surface area contributed by atoms with Crippen LogP contribution in [0.25, 0.3) is 0 Å². The van der Waals surface area contributed by atoms with E-state index in [1.165, 1.54) is 12.1 Å². The van der Waals surface area contributed by atoms with E-state index in [9.17, 15) is 14.9 Å².